The molecule has 15 heavy (non-hydrogen) atoms. The van der Waals surface area contributed by atoms with Gasteiger partial charge in [-0.05, 0) is 6.07 Å². The second kappa shape index (κ2) is 4.04. The van der Waals surface area contributed by atoms with Crippen LogP contribution in [0.15, 0.2) is 18.5 Å². The van der Waals surface area contributed by atoms with E-state index in [2.05, 4.69) is 4.74 Å². The molecule has 0 aliphatic carbocycles. The van der Waals surface area contributed by atoms with Crippen molar-refractivity contribution in [3.8, 4) is 0 Å². The van der Waals surface area contributed by atoms with Crippen molar-refractivity contribution in [3.63, 3.8) is 0 Å². The molecule has 2 atom stereocenters. The number of methoxy groups -OCH3 is 1. The van der Waals surface area contributed by atoms with Crippen LogP contribution in [0.2, 0.25) is 0 Å². The van der Waals surface area contributed by atoms with Crippen molar-refractivity contribution in [1.29, 1.82) is 0 Å². The van der Waals surface area contributed by atoms with E-state index in [0.29, 0.717) is 18.8 Å². The molecule has 0 amide bonds. The molecule has 0 spiro atoms. The lowest BCUT2D eigenvalue weighted by atomic mass is 10.2. The Morgan fingerprint density at radius 2 is 2.47 bits per heavy atom. The van der Waals surface area contributed by atoms with E-state index in [1.54, 1.807) is 12.3 Å². The molecule has 0 bridgehead atoms. The summed E-state index contributed by atoms with van der Waals surface area (Å²) in [6, 6.07) is 1.82. The molecular weight excluding hydrogens is 196 g/mol. The zero-order chi connectivity index (χ0) is 10.8. The first-order valence-electron chi connectivity index (χ1n) is 4.81. The highest BCUT2D eigenvalue weighted by atomic mass is 16.5. The summed E-state index contributed by atoms with van der Waals surface area (Å²) < 4.78 is 11.8. The molecule has 0 aromatic carbocycles. The van der Waals surface area contributed by atoms with Crippen molar-refractivity contribution in [2.24, 2.45) is 5.73 Å². The van der Waals surface area contributed by atoms with Crippen LogP contribution in [0.5, 0.6) is 0 Å². The van der Waals surface area contributed by atoms with E-state index in [-0.39, 0.29) is 18.1 Å². The molecule has 1 saturated heterocycles. The summed E-state index contributed by atoms with van der Waals surface area (Å²) in [6.45, 7) is 1.16. The van der Waals surface area contributed by atoms with Crippen LogP contribution in [0.4, 0.5) is 0 Å². The van der Waals surface area contributed by atoms with E-state index in [0.717, 1.165) is 0 Å². The maximum atomic E-state index is 11.2. The van der Waals surface area contributed by atoms with E-state index >= 15 is 0 Å². The number of carbonyl (C=O) groups is 1. The third-order valence-corrected chi connectivity index (χ3v) is 2.61. The largest absolute Gasteiger partial charge is 0.465 e. The molecule has 1 fully saturated rings. The standard InChI is InChI=1S/C10H14N2O3/c1-14-10(13)7-2-3-12(4-7)9-6-15-5-8(9)11/h2-4,8-9H,5-6,11H2,1H3. The van der Waals surface area contributed by atoms with Gasteiger partial charge in [0.05, 0.1) is 38.0 Å². The summed E-state index contributed by atoms with van der Waals surface area (Å²) in [5, 5.41) is 0. The Hall–Kier alpha value is -1.33. The average molecular weight is 210 g/mol. The Bertz CT molecular complexity index is 361. The van der Waals surface area contributed by atoms with E-state index in [1.807, 2.05) is 10.8 Å². The lowest BCUT2D eigenvalue weighted by Gasteiger charge is -2.14. The first-order valence-corrected chi connectivity index (χ1v) is 4.81. The maximum Gasteiger partial charge on any atom is 0.339 e. The Balaban J connectivity index is 2.16. The molecule has 2 unspecified atom stereocenters. The number of rotatable bonds is 2. The van der Waals surface area contributed by atoms with Gasteiger partial charge in [0.15, 0.2) is 0 Å². The van der Waals surface area contributed by atoms with Crippen LogP contribution in [0.25, 0.3) is 0 Å². The lowest BCUT2D eigenvalue weighted by molar-refractivity contribution is 0.0600. The lowest BCUT2D eigenvalue weighted by Crippen LogP contribution is -2.30. The first kappa shape index (κ1) is 10.2. The zero-order valence-corrected chi connectivity index (χ0v) is 8.55. The van der Waals surface area contributed by atoms with Crippen LogP contribution >= 0.6 is 0 Å². The van der Waals surface area contributed by atoms with Crippen molar-refractivity contribution < 1.29 is 14.3 Å². The van der Waals surface area contributed by atoms with Crippen LogP contribution in [0, 0.1) is 0 Å². The molecule has 1 aromatic heterocycles. The average Bonchev–Trinajstić information content (AvgIpc) is 2.84. The van der Waals surface area contributed by atoms with Crippen LogP contribution in [0.1, 0.15) is 16.4 Å². The van der Waals surface area contributed by atoms with Gasteiger partial charge >= 0.3 is 5.97 Å². The summed E-state index contributed by atoms with van der Waals surface area (Å²) >= 11 is 0. The topological polar surface area (TPSA) is 66.5 Å². The summed E-state index contributed by atoms with van der Waals surface area (Å²) in [4.78, 5) is 11.2. The number of aromatic nitrogens is 1. The fraction of sp³-hybridized carbons (Fsp3) is 0.500. The van der Waals surface area contributed by atoms with Gasteiger partial charge in [-0.25, -0.2) is 4.79 Å². The fourth-order valence-electron chi connectivity index (χ4n) is 1.72. The molecule has 1 aliphatic rings. The van der Waals surface area contributed by atoms with E-state index < -0.39 is 0 Å². The highest BCUT2D eigenvalue weighted by Gasteiger charge is 2.26. The van der Waals surface area contributed by atoms with Crippen LogP contribution in [-0.2, 0) is 9.47 Å². The minimum atomic E-state index is -0.332. The maximum absolute atomic E-state index is 11.2. The quantitative estimate of drug-likeness (QED) is 0.707. The smallest absolute Gasteiger partial charge is 0.339 e. The molecular formula is C10H14N2O3. The van der Waals surface area contributed by atoms with Gasteiger partial charge < -0.3 is 19.8 Å². The fourth-order valence-corrected chi connectivity index (χ4v) is 1.72. The van der Waals surface area contributed by atoms with E-state index in [4.69, 9.17) is 10.5 Å². The van der Waals surface area contributed by atoms with Gasteiger partial charge in [-0.3, -0.25) is 0 Å². The van der Waals surface area contributed by atoms with Gasteiger partial charge in [-0.2, -0.15) is 0 Å². The molecule has 1 aromatic rings. The predicted octanol–water partition coefficient (Wildman–Crippen LogP) is 0.173. The third-order valence-electron chi connectivity index (χ3n) is 2.61. The molecule has 0 radical (unpaired) electrons. The van der Waals surface area contributed by atoms with Crippen molar-refractivity contribution >= 4 is 5.97 Å². The van der Waals surface area contributed by atoms with Crippen molar-refractivity contribution in [2.45, 2.75) is 12.1 Å². The minimum Gasteiger partial charge on any atom is -0.465 e. The van der Waals surface area contributed by atoms with Gasteiger partial charge in [-0.1, -0.05) is 0 Å². The third kappa shape index (κ3) is 1.88. The Kier molecular flexibility index (Phi) is 2.75. The summed E-state index contributed by atoms with van der Waals surface area (Å²) in [5.74, 6) is -0.332. The Labute approximate surface area is 87.8 Å². The summed E-state index contributed by atoms with van der Waals surface area (Å²) in [6.07, 6.45) is 3.57. The first-order chi connectivity index (χ1) is 7.22. The highest BCUT2D eigenvalue weighted by molar-refractivity contribution is 5.89. The SMILES string of the molecule is COC(=O)c1ccn(C2COCC2N)c1. The van der Waals surface area contributed by atoms with Crippen molar-refractivity contribution in [2.75, 3.05) is 20.3 Å². The number of esters is 1. The highest BCUT2D eigenvalue weighted by Crippen LogP contribution is 2.19. The number of hydrogen-bond acceptors (Lipinski definition) is 4. The van der Waals surface area contributed by atoms with Crippen LogP contribution in [0.3, 0.4) is 0 Å². The Morgan fingerprint density at radius 3 is 3.07 bits per heavy atom. The number of carbonyl (C=O) groups excluding carboxylic acids is 1. The van der Waals surface area contributed by atoms with E-state index in [9.17, 15) is 4.79 Å². The van der Waals surface area contributed by atoms with Gasteiger partial charge in [0.25, 0.3) is 0 Å². The van der Waals surface area contributed by atoms with Gasteiger partial charge in [0.2, 0.25) is 0 Å². The monoisotopic (exact) mass is 210 g/mol. The summed E-state index contributed by atoms with van der Waals surface area (Å²) in [7, 11) is 1.37. The predicted molar refractivity (Wildman–Crippen MR) is 53.6 cm³/mol. The molecule has 5 heteroatoms. The van der Waals surface area contributed by atoms with Crippen molar-refractivity contribution in [3.05, 3.63) is 24.0 Å². The molecule has 2 heterocycles. The zero-order valence-electron chi connectivity index (χ0n) is 8.55. The van der Waals surface area contributed by atoms with Gasteiger partial charge in [0.1, 0.15) is 0 Å². The Morgan fingerprint density at radius 1 is 1.67 bits per heavy atom. The molecule has 0 saturated carbocycles. The van der Waals surface area contributed by atoms with Crippen molar-refractivity contribution in [1.82, 2.24) is 4.57 Å². The normalized spacial score (nSPS) is 25.5. The summed E-state index contributed by atoms with van der Waals surface area (Å²) in [5.41, 5.74) is 6.41. The van der Waals surface area contributed by atoms with Gasteiger partial charge in [-0.15, -0.1) is 0 Å². The number of ether oxygens (including phenoxy) is 2. The van der Waals surface area contributed by atoms with Gasteiger partial charge in [0, 0.05) is 12.4 Å². The second-order valence-electron chi connectivity index (χ2n) is 3.61. The van der Waals surface area contributed by atoms with Crippen LogP contribution < -0.4 is 5.73 Å². The molecule has 2 rings (SSSR count). The molecule has 2 N–H and O–H groups in total. The minimum absolute atomic E-state index is 0.0112. The number of hydrogen-bond donors (Lipinski definition) is 1. The molecule has 82 valence electrons. The number of nitrogens with two attached hydrogens (primary N) is 1. The number of nitrogens with zero attached hydrogens (tertiary/aromatic N) is 1. The second-order valence-corrected chi connectivity index (χ2v) is 3.61. The van der Waals surface area contributed by atoms with E-state index in [1.165, 1.54) is 7.11 Å². The molecule has 5 nitrogen and oxygen atoms in total. The van der Waals surface area contributed by atoms with Crippen LogP contribution in [-0.4, -0.2) is 36.9 Å². The molecule has 1 aliphatic heterocycles.